The largest absolute Gasteiger partial charge is 0.433 e. The summed E-state index contributed by atoms with van der Waals surface area (Å²) in [6, 6.07) is 10.9. The lowest BCUT2D eigenvalue weighted by Crippen LogP contribution is -2.57. The Morgan fingerprint density at radius 2 is 1.91 bits per heavy atom. The summed E-state index contributed by atoms with van der Waals surface area (Å²) in [5.41, 5.74) is 6.16. The number of aromatic nitrogens is 1. The van der Waals surface area contributed by atoms with Crippen LogP contribution in [0.3, 0.4) is 0 Å². The summed E-state index contributed by atoms with van der Waals surface area (Å²) in [5, 5.41) is 6.44. The number of carbonyl (C=O) groups is 1. The molecule has 44 heavy (non-hydrogen) atoms. The van der Waals surface area contributed by atoms with Crippen LogP contribution in [0.1, 0.15) is 47.6 Å². The van der Waals surface area contributed by atoms with Crippen LogP contribution in [0.2, 0.25) is 5.02 Å². The molecule has 0 spiro atoms. The molecule has 1 amide bonds. The Balaban J connectivity index is 1.39. The van der Waals surface area contributed by atoms with E-state index in [4.69, 9.17) is 17.3 Å². The molecular weight excluding hydrogens is 622 g/mol. The number of hydrogen-bond acceptors (Lipinski definition) is 6. The van der Waals surface area contributed by atoms with Crippen LogP contribution in [0.5, 0.6) is 0 Å². The van der Waals surface area contributed by atoms with Gasteiger partial charge in [0.05, 0.1) is 11.8 Å². The summed E-state index contributed by atoms with van der Waals surface area (Å²) in [5.74, 6) is -2.30. The van der Waals surface area contributed by atoms with Gasteiger partial charge < -0.3 is 16.4 Å². The lowest BCUT2D eigenvalue weighted by Gasteiger charge is -2.37. The van der Waals surface area contributed by atoms with Gasteiger partial charge in [0.2, 0.25) is 15.9 Å². The van der Waals surface area contributed by atoms with Gasteiger partial charge in [0.25, 0.3) is 0 Å². The highest BCUT2D eigenvalue weighted by molar-refractivity contribution is 7.89. The summed E-state index contributed by atoms with van der Waals surface area (Å²) in [7, 11) is -3.44. The molecule has 4 N–H and O–H groups in total. The van der Waals surface area contributed by atoms with Crippen LogP contribution in [0.15, 0.2) is 60.8 Å². The van der Waals surface area contributed by atoms with Gasteiger partial charge in [0.15, 0.2) is 0 Å². The Morgan fingerprint density at radius 3 is 2.64 bits per heavy atom. The topological polar surface area (TPSA) is 117 Å². The van der Waals surface area contributed by atoms with Gasteiger partial charge in [-0.25, -0.2) is 12.8 Å². The molecule has 2 aliphatic heterocycles. The first kappa shape index (κ1) is 32.3. The highest BCUT2D eigenvalue weighted by Crippen LogP contribution is 2.34. The SMILES string of the molecule is N[C@H](C(=O)Nc1cccc(F)c1CCC1CNC2CCCS(=O)(=O)N1C2)[C@@H](c1ccc(Cl)cc1)c1ccnc(C(F)(F)F)c1. The number of rotatable bonds is 8. The predicted molar refractivity (Wildman–Crippen MR) is 159 cm³/mol. The first-order valence-corrected chi connectivity index (χ1v) is 16.2. The van der Waals surface area contributed by atoms with E-state index >= 15 is 4.39 Å². The van der Waals surface area contributed by atoms with Gasteiger partial charge in [-0.2, -0.15) is 17.5 Å². The van der Waals surface area contributed by atoms with Crippen molar-refractivity contribution in [1.82, 2.24) is 14.6 Å². The van der Waals surface area contributed by atoms with Crippen LogP contribution in [-0.2, 0) is 27.4 Å². The van der Waals surface area contributed by atoms with Crippen molar-refractivity contribution in [3.63, 3.8) is 0 Å². The van der Waals surface area contributed by atoms with Crippen molar-refractivity contribution >= 4 is 33.2 Å². The number of nitrogens with zero attached hydrogens (tertiary/aromatic N) is 2. The smallest absolute Gasteiger partial charge is 0.324 e. The third-order valence-electron chi connectivity index (χ3n) is 8.19. The molecule has 3 aromatic rings. The van der Waals surface area contributed by atoms with Gasteiger partial charge in [-0.15, -0.1) is 0 Å². The number of amides is 1. The molecule has 3 heterocycles. The summed E-state index contributed by atoms with van der Waals surface area (Å²) in [4.78, 5) is 17.0. The quantitative estimate of drug-likeness (QED) is 0.304. The number of carbonyl (C=O) groups excluding carboxylic acids is 1. The Bertz CT molecular complexity index is 1610. The monoisotopic (exact) mass is 653 g/mol. The van der Waals surface area contributed by atoms with Crippen LogP contribution in [-0.4, -0.2) is 60.6 Å². The Morgan fingerprint density at radius 1 is 1.16 bits per heavy atom. The number of piperazine rings is 1. The molecule has 2 fully saturated rings. The molecule has 2 bridgehead atoms. The molecule has 1 aromatic heterocycles. The lowest BCUT2D eigenvalue weighted by molar-refractivity contribution is -0.141. The lowest BCUT2D eigenvalue weighted by atomic mass is 9.85. The van der Waals surface area contributed by atoms with E-state index in [-0.39, 0.29) is 41.1 Å². The average molecular weight is 654 g/mol. The van der Waals surface area contributed by atoms with E-state index in [1.165, 1.54) is 40.7 Å². The van der Waals surface area contributed by atoms with Crippen molar-refractivity contribution in [2.75, 3.05) is 24.2 Å². The van der Waals surface area contributed by atoms with Gasteiger partial charge >= 0.3 is 6.18 Å². The maximum absolute atomic E-state index is 15.2. The fourth-order valence-corrected chi connectivity index (χ4v) is 7.86. The van der Waals surface area contributed by atoms with Gasteiger partial charge in [-0.1, -0.05) is 29.8 Å². The Hall–Kier alpha value is -3.10. The maximum atomic E-state index is 15.2. The Labute approximate surface area is 258 Å². The van der Waals surface area contributed by atoms with E-state index in [0.717, 1.165) is 18.7 Å². The second-order valence-corrected chi connectivity index (χ2v) is 13.6. The van der Waals surface area contributed by atoms with Crippen LogP contribution < -0.4 is 16.4 Å². The number of pyridine rings is 1. The molecule has 0 saturated carbocycles. The van der Waals surface area contributed by atoms with Gasteiger partial charge in [-0.3, -0.25) is 9.78 Å². The molecule has 2 saturated heterocycles. The van der Waals surface area contributed by atoms with E-state index in [2.05, 4.69) is 15.6 Å². The zero-order valence-corrected chi connectivity index (χ0v) is 25.1. The van der Waals surface area contributed by atoms with Gasteiger partial charge in [-0.05, 0) is 73.2 Å². The van der Waals surface area contributed by atoms with E-state index in [1.54, 1.807) is 12.1 Å². The van der Waals surface area contributed by atoms with Crippen LogP contribution in [0.25, 0.3) is 0 Å². The summed E-state index contributed by atoms with van der Waals surface area (Å²) in [6.07, 6.45) is -1.95. The highest BCUT2D eigenvalue weighted by atomic mass is 35.5. The predicted octanol–water partition coefficient (Wildman–Crippen LogP) is 4.69. The molecule has 8 nitrogen and oxygen atoms in total. The Kier molecular flexibility index (Phi) is 9.61. The van der Waals surface area contributed by atoms with E-state index in [0.29, 0.717) is 36.5 Å². The van der Waals surface area contributed by atoms with Crippen molar-refractivity contribution in [2.24, 2.45) is 5.73 Å². The second-order valence-electron chi connectivity index (χ2n) is 11.1. The number of nitrogens with one attached hydrogen (secondary N) is 2. The van der Waals surface area contributed by atoms with Crippen LogP contribution in [0.4, 0.5) is 23.2 Å². The van der Waals surface area contributed by atoms with Crippen molar-refractivity contribution in [3.05, 3.63) is 94.0 Å². The summed E-state index contributed by atoms with van der Waals surface area (Å²) >= 11 is 6.02. The first-order valence-electron chi connectivity index (χ1n) is 14.2. The van der Waals surface area contributed by atoms with E-state index in [9.17, 15) is 26.4 Å². The molecule has 5 rings (SSSR count). The molecule has 3 unspecified atom stereocenters. The minimum atomic E-state index is -4.72. The number of nitrogens with two attached hydrogens (primary N) is 1. The number of halogens is 5. The van der Waals surface area contributed by atoms with Crippen molar-refractivity contribution < 1.29 is 30.8 Å². The summed E-state index contributed by atoms with van der Waals surface area (Å²) in [6.45, 7) is 0.791. The number of sulfonamides is 1. The fraction of sp³-hybridized carbons (Fsp3) is 0.400. The van der Waals surface area contributed by atoms with Crippen LogP contribution in [0, 0.1) is 5.82 Å². The first-order chi connectivity index (χ1) is 20.8. The molecule has 0 radical (unpaired) electrons. The third kappa shape index (κ3) is 7.23. The molecule has 0 aliphatic carbocycles. The van der Waals surface area contributed by atoms with Gasteiger partial charge in [0.1, 0.15) is 11.5 Å². The van der Waals surface area contributed by atoms with Gasteiger partial charge in [0, 0.05) is 53.6 Å². The van der Waals surface area contributed by atoms with Crippen molar-refractivity contribution in [3.8, 4) is 0 Å². The zero-order valence-electron chi connectivity index (χ0n) is 23.5. The molecule has 236 valence electrons. The second kappa shape index (κ2) is 13.1. The van der Waals surface area contributed by atoms with Crippen molar-refractivity contribution in [1.29, 1.82) is 0 Å². The number of hydrogen-bond donors (Lipinski definition) is 3. The van der Waals surface area contributed by atoms with Crippen molar-refractivity contribution in [2.45, 2.75) is 55.9 Å². The standard InChI is InChI=1S/C30H32ClF4N5O3S/c31-20-8-6-18(7-9-20)27(19-12-13-37-26(15-19)30(33,34)35)28(36)29(41)39-25-5-1-4-24(32)23(25)11-10-22-16-38-21-3-2-14-44(42,43)40(22)17-21/h1,4-9,12-13,15,21-22,27-28,38H,2-3,10-11,14,16-17,36H2,(H,39,41)/t21?,22?,27-,28-/m0/s1. The maximum Gasteiger partial charge on any atom is 0.433 e. The normalized spacial score (nSPS) is 22.9. The molecular formula is C30H32ClF4N5O3S. The molecule has 2 aliphatic rings. The van der Waals surface area contributed by atoms with Crippen LogP contribution >= 0.6 is 11.6 Å². The van der Waals surface area contributed by atoms with E-state index < -0.39 is 45.6 Å². The minimum absolute atomic E-state index is 0.0668. The third-order valence-corrected chi connectivity index (χ3v) is 10.4. The number of anilines is 1. The average Bonchev–Trinajstić information content (AvgIpc) is 3.09. The molecule has 2 aromatic carbocycles. The number of alkyl halides is 3. The number of benzene rings is 2. The molecule has 14 heteroatoms. The van der Waals surface area contributed by atoms with E-state index in [1.807, 2.05) is 0 Å². The molecule has 5 atom stereocenters. The fourth-order valence-electron chi connectivity index (χ4n) is 5.93. The zero-order chi connectivity index (χ0) is 31.6. The minimum Gasteiger partial charge on any atom is -0.324 e. The highest BCUT2D eigenvalue weighted by Gasteiger charge is 2.38. The number of fused-ring (bicyclic) bond motifs is 2. The summed E-state index contributed by atoms with van der Waals surface area (Å²) < 4.78 is 82.8.